The molecule has 58 heavy (non-hydrogen) atoms. The van der Waals surface area contributed by atoms with Gasteiger partial charge >= 0.3 is 0 Å². The van der Waals surface area contributed by atoms with E-state index in [1.54, 1.807) is 0 Å². The topological polar surface area (TPSA) is 8.17 Å². The van der Waals surface area contributed by atoms with Gasteiger partial charge < -0.3 is 9.47 Å². The van der Waals surface area contributed by atoms with Crippen LogP contribution in [0.4, 0.5) is 17.1 Å². The van der Waals surface area contributed by atoms with E-state index in [1.807, 2.05) is 0 Å². The second-order valence-corrected chi connectivity index (χ2v) is 17.2. The molecule has 0 radical (unpaired) electrons. The number of hydrogen-bond acceptors (Lipinski definition) is 1. The van der Waals surface area contributed by atoms with Crippen LogP contribution in [0.2, 0.25) is 0 Å². The van der Waals surface area contributed by atoms with Crippen LogP contribution >= 0.6 is 0 Å². The van der Waals surface area contributed by atoms with Gasteiger partial charge in [0.05, 0.1) is 16.7 Å². The fourth-order valence-electron chi connectivity index (χ4n) is 9.59. The van der Waals surface area contributed by atoms with Gasteiger partial charge in [0.1, 0.15) is 0 Å². The second-order valence-electron chi connectivity index (χ2n) is 17.2. The molecule has 1 aliphatic rings. The predicted octanol–water partition coefficient (Wildman–Crippen LogP) is 16.1. The van der Waals surface area contributed by atoms with Crippen LogP contribution in [0.15, 0.2) is 182 Å². The Morgan fingerprint density at radius 1 is 0.500 bits per heavy atom. The standard InChI is InChI=1S/C56H50N2/c1-56(2,3)43-31-35-46(36-32-43)57(52-26-12-10-22-48(52)50-25-15-19-41-18-14-24-47(55(41)50)40-16-6-4-7-17-40)45-33-28-39(29-34-45)42-30-37-54-51(38-42)49-23-11-13-27-53(49)58(54)44-20-8-5-9-21-44/h5,8-15,18-38,40H,4,6-7,16-17H2,1-3H3. The first-order valence-electron chi connectivity index (χ1n) is 21.1. The lowest BCUT2D eigenvalue weighted by Crippen LogP contribution is -2.14. The molecule has 0 unspecified atom stereocenters. The Labute approximate surface area is 343 Å². The minimum atomic E-state index is 0.0654. The molecular formula is C56H50N2. The summed E-state index contributed by atoms with van der Waals surface area (Å²) < 4.78 is 2.38. The van der Waals surface area contributed by atoms with E-state index >= 15 is 0 Å². The van der Waals surface area contributed by atoms with Crippen LogP contribution in [0.1, 0.15) is 69.9 Å². The van der Waals surface area contributed by atoms with E-state index in [0.717, 1.165) is 11.4 Å². The third-order valence-corrected chi connectivity index (χ3v) is 12.6. The maximum atomic E-state index is 2.46. The van der Waals surface area contributed by atoms with Gasteiger partial charge in [-0.05, 0) is 123 Å². The molecule has 0 spiro atoms. The first-order valence-corrected chi connectivity index (χ1v) is 21.1. The fraction of sp³-hybridized carbons (Fsp3) is 0.179. The van der Waals surface area contributed by atoms with Gasteiger partial charge in [-0.2, -0.15) is 0 Å². The van der Waals surface area contributed by atoms with Crippen LogP contribution in [-0.2, 0) is 5.41 Å². The molecule has 1 aliphatic carbocycles. The third-order valence-electron chi connectivity index (χ3n) is 12.6. The van der Waals surface area contributed by atoms with Crippen molar-refractivity contribution in [3.05, 3.63) is 193 Å². The maximum Gasteiger partial charge on any atom is 0.0541 e. The molecular weight excluding hydrogens is 701 g/mol. The van der Waals surface area contributed by atoms with E-state index in [-0.39, 0.29) is 5.41 Å². The van der Waals surface area contributed by atoms with Gasteiger partial charge in [0.15, 0.2) is 0 Å². The van der Waals surface area contributed by atoms with E-state index in [4.69, 9.17) is 0 Å². The molecule has 1 saturated carbocycles. The Kier molecular flexibility index (Phi) is 9.21. The molecule has 0 saturated heterocycles. The van der Waals surface area contributed by atoms with Gasteiger partial charge in [0.25, 0.3) is 0 Å². The summed E-state index contributed by atoms with van der Waals surface area (Å²) in [5.74, 6) is 0.605. The van der Waals surface area contributed by atoms with E-state index in [9.17, 15) is 0 Å². The first-order chi connectivity index (χ1) is 28.4. The molecule has 2 nitrogen and oxygen atoms in total. The summed E-state index contributed by atoms with van der Waals surface area (Å²) >= 11 is 0. The van der Waals surface area contributed by atoms with Crippen LogP contribution < -0.4 is 4.90 Å². The molecule has 1 heterocycles. The third kappa shape index (κ3) is 6.47. The number of para-hydroxylation sites is 3. The van der Waals surface area contributed by atoms with E-state index < -0.39 is 0 Å². The van der Waals surface area contributed by atoms with Crippen LogP contribution in [-0.4, -0.2) is 4.57 Å². The van der Waals surface area contributed by atoms with E-state index in [2.05, 4.69) is 212 Å². The highest BCUT2D eigenvalue weighted by molar-refractivity contribution is 6.10. The van der Waals surface area contributed by atoms with E-state index in [1.165, 1.54) is 109 Å². The van der Waals surface area contributed by atoms with Crippen molar-refractivity contribution in [3.63, 3.8) is 0 Å². The number of rotatable bonds is 7. The normalized spacial score (nSPS) is 13.7. The molecule has 1 aromatic heterocycles. The predicted molar refractivity (Wildman–Crippen MR) is 248 cm³/mol. The van der Waals surface area contributed by atoms with Gasteiger partial charge in [-0.3, -0.25) is 0 Å². The van der Waals surface area contributed by atoms with Gasteiger partial charge in [-0.25, -0.2) is 0 Å². The zero-order valence-electron chi connectivity index (χ0n) is 33.8. The number of fused-ring (bicyclic) bond motifs is 4. The molecule has 2 heteroatoms. The van der Waals surface area contributed by atoms with Gasteiger partial charge in [0, 0.05) is 33.4 Å². The number of nitrogens with zero attached hydrogens (tertiary/aromatic N) is 2. The highest BCUT2D eigenvalue weighted by atomic mass is 15.1. The maximum absolute atomic E-state index is 2.46. The van der Waals surface area contributed by atoms with Crippen molar-refractivity contribution in [2.45, 2.75) is 64.2 Å². The average molecular weight is 751 g/mol. The Balaban J connectivity index is 1.10. The summed E-state index contributed by atoms with van der Waals surface area (Å²) in [6.45, 7) is 6.86. The summed E-state index contributed by atoms with van der Waals surface area (Å²) in [7, 11) is 0. The molecule has 1 fully saturated rings. The zero-order chi connectivity index (χ0) is 39.2. The lowest BCUT2D eigenvalue weighted by atomic mass is 9.80. The summed E-state index contributed by atoms with van der Waals surface area (Å²) in [6.07, 6.45) is 6.54. The van der Waals surface area contributed by atoms with Gasteiger partial charge in [-0.15, -0.1) is 0 Å². The number of anilines is 3. The van der Waals surface area contributed by atoms with Gasteiger partial charge in [-0.1, -0.05) is 161 Å². The second kappa shape index (κ2) is 14.8. The van der Waals surface area contributed by atoms with Crippen molar-refractivity contribution in [1.82, 2.24) is 4.57 Å². The lowest BCUT2D eigenvalue weighted by Gasteiger charge is -2.30. The van der Waals surface area contributed by atoms with Crippen molar-refractivity contribution >= 4 is 49.6 Å². The van der Waals surface area contributed by atoms with Crippen molar-refractivity contribution < 1.29 is 0 Å². The van der Waals surface area contributed by atoms with Crippen molar-refractivity contribution in [2.24, 2.45) is 0 Å². The SMILES string of the molecule is CC(C)(C)c1ccc(N(c2ccc(-c3ccc4c(c3)c3ccccc3n4-c3ccccc3)cc2)c2ccccc2-c2cccc3cccc(C4CCCCC4)c23)cc1. The van der Waals surface area contributed by atoms with Crippen LogP contribution in [0.25, 0.3) is 60.5 Å². The smallest absolute Gasteiger partial charge is 0.0541 e. The molecule has 0 atom stereocenters. The highest BCUT2D eigenvalue weighted by Crippen LogP contribution is 2.46. The zero-order valence-corrected chi connectivity index (χ0v) is 33.8. The Bertz CT molecular complexity index is 2880. The lowest BCUT2D eigenvalue weighted by molar-refractivity contribution is 0.445. The van der Waals surface area contributed by atoms with Crippen molar-refractivity contribution in [2.75, 3.05) is 4.90 Å². The highest BCUT2D eigenvalue weighted by Gasteiger charge is 2.23. The summed E-state index contributed by atoms with van der Waals surface area (Å²) in [4.78, 5) is 2.46. The number of benzene rings is 8. The van der Waals surface area contributed by atoms with Crippen LogP contribution in [0.5, 0.6) is 0 Å². The minimum Gasteiger partial charge on any atom is -0.310 e. The molecule has 8 aromatic carbocycles. The fourth-order valence-corrected chi connectivity index (χ4v) is 9.59. The Morgan fingerprint density at radius 3 is 1.88 bits per heavy atom. The van der Waals surface area contributed by atoms with Crippen molar-refractivity contribution in [1.29, 1.82) is 0 Å². The quantitative estimate of drug-likeness (QED) is 0.157. The molecule has 284 valence electrons. The van der Waals surface area contributed by atoms with Gasteiger partial charge in [0.2, 0.25) is 0 Å². The Hall–Kier alpha value is -6.38. The van der Waals surface area contributed by atoms with Crippen molar-refractivity contribution in [3.8, 4) is 27.9 Å². The molecule has 10 rings (SSSR count). The van der Waals surface area contributed by atoms with E-state index in [0.29, 0.717) is 5.92 Å². The summed E-state index contributed by atoms with van der Waals surface area (Å²) in [6, 6.07) is 67.7. The molecule has 0 bridgehead atoms. The molecule has 0 aliphatic heterocycles. The average Bonchev–Trinajstić information content (AvgIpc) is 3.61. The molecule has 9 aromatic rings. The Morgan fingerprint density at radius 2 is 1.12 bits per heavy atom. The first kappa shape index (κ1) is 36.0. The molecule has 0 N–H and O–H groups in total. The number of aromatic nitrogens is 1. The summed E-state index contributed by atoms with van der Waals surface area (Å²) in [5.41, 5.74) is 15.0. The minimum absolute atomic E-state index is 0.0654. The summed E-state index contributed by atoms with van der Waals surface area (Å²) in [5, 5.41) is 5.26. The van der Waals surface area contributed by atoms with Crippen LogP contribution in [0.3, 0.4) is 0 Å². The monoisotopic (exact) mass is 750 g/mol. The largest absolute Gasteiger partial charge is 0.310 e. The molecule has 0 amide bonds. The van der Waals surface area contributed by atoms with Crippen LogP contribution in [0, 0.1) is 0 Å². The number of hydrogen-bond donors (Lipinski definition) is 0.